The van der Waals surface area contributed by atoms with E-state index >= 15 is 0 Å². The van der Waals surface area contributed by atoms with E-state index < -0.39 is 0 Å². The van der Waals surface area contributed by atoms with Crippen LogP contribution in [0.4, 0.5) is 0 Å². The van der Waals surface area contributed by atoms with Gasteiger partial charge in [-0.25, -0.2) is 0 Å². The number of benzene rings is 1. The Morgan fingerprint density at radius 3 is 2.61 bits per heavy atom. The van der Waals surface area contributed by atoms with Crippen molar-refractivity contribution in [1.82, 2.24) is 14.8 Å². The first-order chi connectivity index (χ1) is 13.6. The minimum atomic E-state index is -0.205. The fourth-order valence-electron chi connectivity index (χ4n) is 4.42. The Morgan fingerprint density at radius 2 is 1.89 bits per heavy atom. The van der Waals surface area contributed by atoms with Crippen LogP contribution in [0.15, 0.2) is 54.7 Å². The summed E-state index contributed by atoms with van der Waals surface area (Å²) in [5.41, 5.74) is 1.70. The van der Waals surface area contributed by atoms with Crippen molar-refractivity contribution in [2.45, 2.75) is 37.9 Å². The van der Waals surface area contributed by atoms with E-state index in [1.54, 1.807) is 0 Å². The van der Waals surface area contributed by atoms with Gasteiger partial charge in [-0.15, -0.1) is 0 Å². The normalized spacial score (nSPS) is 22.3. The minimum absolute atomic E-state index is 0.0708. The molecule has 1 spiro atoms. The second-order valence-corrected chi connectivity index (χ2v) is 8.08. The standard InChI is InChI=1S/C23H29N3O2/c1-19-17-26(22(27)20-7-3-2-4-8-20)18-23(28-19)11-15-25(16-12-23)14-10-21-9-5-6-13-24-21/h2-9,13,19H,10-12,14-18H2,1H3. The second kappa shape index (κ2) is 8.41. The Balaban J connectivity index is 1.35. The maximum atomic E-state index is 12.9. The van der Waals surface area contributed by atoms with Gasteiger partial charge in [-0.2, -0.15) is 0 Å². The number of amides is 1. The lowest BCUT2D eigenvalue weighted by molar-refractivity contribution is -0.161. The molecule has 1 atom stereocenters. The van der Waals surface area contributed by atoms with E-state index in [1.165, 1.54) is 0 Å². The molecule has 1 aromatic heterocycles. The third-order valence-corrected chi connectivity index (χ3v) is 5.89. The highest BCUT2D eigenvalue weighted by atomic mass is 16.5. The predicted molar refractivity (Wildman–Crippen MR) is 109 cm³/mol. The smallest absolute Gasteiger partial charge is 0.254 e. The van der Waals surface area contributed by atoms with Gasteiger partial charge in [0.05, 0.1) is 18.2 Å². The number of hydrogen-bond acceptors (Lipinski definition) is 4. The van der Waals surface area contributed by atoms with Crippen LogP contribution in [0.3, 0.4) is 0 Å². The first-order valence-corrected chi connectivity index (χ1v) is 10.3. The molecule has 2 aliphatic heterocycles. The summed E-state index contributed by atoms with van der Waals surface area (Å²) in [6.45, 7) is 6.48. The summed E-state index contributed by atoms with van der Waals surface area (Å²) < 4.78 is 6.41. The zero-order valence-corrected chi connectivity index (χ0v) is 16.6. The van der Waals surface area contributed by atoms with Gasteiger partial charge in [0, 0.05) is 50.1 Å². The van der Waals surface area contributed by atoms with Gasteiger partial charge in [0.15, 0.2) is 0 Å². The van der Waals surface area contributed by atoms with E-state index in [9.17, 15) is 4.79 Å². The number of nitrogens with zero attached hydrogens (tertiary/aromatic N) is 3. The molecule has 1 unspecified atom stereocenters. The van der Waals surface area contributed by atoms with Crippen LogP contribution in [0.2, 0.25) is 0 Å². The number of rotatable bonds is 4. The molecular weight excluding hydrogens is 350 g/mol. The Hall–Kier alpha value is -2.24. The topological polar surface area (TPSA) is 45.7 Å². The maximum absolute atomic E-state index is 12.9. The summed E-state index contributed by atoms with van der Waals surface area (Å²) in [7, 11) is 0. The molecule has 0 saturated carbocycles. The average Bonchev–Trinajstić information content (AvgIpc) is 2.74. The predicted octanol–water partition coefficient (Wildman–Crippen LogP) is 3.02. The summed E-state index contributed by atoms with van der Waals surface area (Å²) in [6.07, 6.45) is 4.84. The molecule has 5 heteroatoms. The molecule has 1 amide bonds. The molecule has 28 heavy (non-hydrogen) atoms. The lowest BCUT2D eigenvalue weighted by atomic mass is 9.88. The van der Waals surface area contributed by atoms with Crippen LogP contribution < -0.4 is 0 Å². The second-order valence-electron chi connectivity index (χ2n) is 8.08. The van der Waals surface area contributed by atoms with Crippen LogP contribution >= 0.6 is 0 Å². The minimum Gasteiger partial charge on any atom is -0.368 e. The molecule has 1 aromatic carbocycles. The summed E-state index contributed by atoms with van der Waals surface area (Å²) in [6, 6.07) is 15.7. The summed E-state index contributed by atoms with van der Waals surface area (Å²) in [5, 5.41) is 0. The molecule has 148 valence electrons. The molecule has 2 aromatic rings. The zero-order chi connectivity index (χ0) is 19.4. The van der Waals surface area contributed by atoms with Crippen molar-refractivity contribution in [3.63, 3.8) is 0 Å². The third-order valence-electron chi connectivity index (χ3n) is 5.89. The highest BCUT2D eigenvalue weighted by Crippen LogP contribution is 2.33. The van der Waals surface area contributed by atoms with Crippen molar-refractivity contribution >= 4 is 5.91 Å². The quantitative estimate of drug-likeness (QED) is 0.819. The number of carbonyl (C=O) groups is 1. The fraction of sp³-hybridized carbons (Fsp3) is 0.478. The number of pyridine rings is 1. The summed E-state index contributed by atoms with van der Waals surface area (Å²) in [4.78, 5) is 21.9. The van der Waals surface area contributed by atoms with E-state index in [-0.39, 0.29) is 17.6 Å². The Labute approximate surface area is 167 Å². The molecule has 2 saturated heterocycles. The Morgan fingerprint density at radius 1 is 1.14 bits per heavy atom. The Bertz CT molecular complexity index is 773. The lowest BCUT2D eigenvalue weighted by Crippen LogP contribution is -2.60. The van der Waals surface area contributed by atoms with Crippen LogP contribution in [0, 0.1) is 0 Å². The third kappa shape index (κ3) is 4.42. The number of morpholine rings is 1. The maximum Gasteiger partial charge on any atom is 0.254 e. The van der Waals surface area contributed by atoms with Crippen molar-refractivity contribution in [1.29, 1.82) is 0 Å². The Kier molecular flexibility index (Phi) is 5.74. The van der Waals surface area contributed by atoms with Gasteiger partial charge in [0.25, 0.3) is 5.91 Å². The molecule has 4 rings (SSSR count). The van der Waals surface area contributed by atoms with Gasteiger partial charge in [-0.05, 0) is 44.0 Å². The number of carbonyl (C=O) groups excluding carboxylic acids is 1. The molecule has 5 nitrogen and oxygen atoms in total. The fourth-order valence-corrected chi connectivity index (χ4v) is 4.42. The van der Waals surface area contributed by atoms with Gasteiger partial charge in [-0.1, -0.05) is 24.3 Å². The van der Waals surface area contributed by atoms with E-state index in [0.29, 0.717) is 13.1 Å². The SMILES string of the molecule is CC1CN(C(=O)c2ccccc2)CC2(CCN(CCc3ccccn3)CC2)O1. The van der Waals surface area contributed by atoms with Crippen molar-refractivity contribution in [2.75, 3.05) is 32.7 Å². The van der Waals surface area contributed by atoms with Crippen LogP contribution in [-0.2, 0) is 11.2 Å². The van der Waals surface area contributed by atoms with Gasteiger partial charge in [0.1, 0.15) is 0 Å². The van der Waals surface area contributed by atoms with Gasteiger partial charge < -0.3 is 14.5 Å². The van der Waals surface area contributed by atoms with Gasteiger partial charge in [-0.3, -0.25) is 9.78 Å². The summed E-state index contributed by atoms with van der Waals surface area (Å²) >= 11 is 0. The molecule has 3 heterocycles. The molecule has 0 aliphatic carbocycles. The van der Waals surface area contributed by atoms with Crippen LogP contribution in [0.1, 0.15) is 35.8 Å². The highest BCUT2D eigenvalue weighted by molar-refractivity contribution is 5.94. The highest BCUT2D eigenvalue weighted by Gasteiger charge is 2.43. The van der Waals surface area contributed by atoms with Crippen molar-refractivity contribution in [3.8, 4) is 0 Å². The number of likely N-dealkylation sites (tertiary alicyclic amines) is 1. The first kappa shape index (κ1) is 19.1. The van der Waals surface area contributed by atoms with Crippen molar-refractivity contribution in [2.24, 2.45) is 0 Å². The number of piperidine rings is 1. The molecule has 2 aliphatic rings. The van der Waals surface area contributed by atoms with E-state index in [1.807, 2.05) is 53.6 Å². The van der Waals surface area contributed by atoms with E-state index in [4.69, 9.17) is 4.74 Å². The molecule has 0 bridgehead atoms. The van der Waals surface area contributed by atoms with Crippen LogP contribution in [0.25, 0.3) is 0 Å². The van der Waals surface area contributed by atoms with Gasteiger partial charge >= 0.3 is 0 Å². The molecule has 0 radical (unpaired) electrons. The van der Waals surface area contributed by atoms with Crippen LogP contribution in [0.5, 0.6) is 0 Å². The first-order valence-electron chi connectivity index (χ1n) is 10.3. The average molecular weight is 380 g/mol. The van der Waals surface area contributed by atoms with E-state index in [0.717, 1.165) is 50.2 Å². The molecular formula is C23H29N3O2. The van der Waals surface area contributed by atoms with Crippen LogP contribution in [-0.4, -0.2) is 65.1 Å². The monoisotopic (exact) mass is 379 g/mol. The zero-order valence-electron chi connectivity index (χ0n) is 16.6. The van der Waals surface area contributed by atoms with Gasteiger partial charge in [0.2, 0.25) is 0 Å². The number of hydrogen-bond donors (Lipinski definition) is 0. The van der Waals surface area contributed by atoms with Crippen molar-refractivity contribution in [3.05, 3.63) is 66.0 Å². The number of aromatic nitrogens is 1. The lowest BCUT2D eigenvalue weighted by Gasteiger charge is -2.49. The van der Waals surface area contributed by atoms with Crippen molar-refractivity contribution < 1.29 is 9.53 Å². The number of ether oxygens (including phenoxy) is 1. The summed E-state index contributed by atoms with van der Waals surface area (Å²) in [5.74, 6) is 0.118. The van der Waals surface area contributed by atoms with E-state index in [2.05, 4.69) is 22.9 Å². The molecule has 0 N–H and O–H groups in total. The molecule has 2 fully saturated rings. The largest absolute Gasteiger partial charge is 0.368 e.